The summed E-state index contributed by atoms with van der Waals surface area (Å²) in [7, 11) is 1.84. The van der Waals surface area contributed by atoms with Crippen LogP contribution in [0.25, 0.3) is 0 Å². The number of hydrogen-bond acceptors (Lipinski definition) is 4. The van der Waals surface area contributed by atoms with E-state index in [0.717, 1.165) is 29.9 Å². The van der Waals surface area contributed by atoms with E-state index < -0.39 is 0 Å². The number of carbonyl (C=O) groups is 1. The molecule has 0 bridgehead atoms. The maximum Gasteiger partial charge on any atom is 0.227 e. The zero-order valence-corrected chi connectivity index (χ0v) is 11.3. The van der Waals surface area contributed by atoms with Gasteiger partial charge in [0, 0.05) is 30.5 Å². The van der Waals surface area contributed by atoms with E-state index in [1.807, 2.05) is 37.5 Å². The molecule has 1 amide bonds. The second-order valence-electron chi connectivity index (χ2n) is 5.08. The lowest BCUT2D eigenvalue weighted by Gasteiger charge is -2.08. The molecule has 1 saturated carbocycles. The fourth-order valence-electron chi connectivity index (χ4n) is 1.97. The maximum absolute atomic E-state index is 11.7. The predicted molar refractivity (Wildman–Crippen MR) is 76.1 cm³/mol. The summed E-state index contributed by atoms with van der Waals surface area (Å²) in [6.07, 6.45) is 3.89. The molecule has 2 aromatic rings. The van der Waals surface area contributed by atoms with Crippen molar-refractivity contribution in [2.45, 2.75) is 19.4 Å². The van der Waals surface area contributed by atoms with Gasteiger partial charge in [-0.15, -0.1) is 5.10 Å². The monoisotopic (exact) mass is 271 g/mol. The molecule has 0 spiro atoms. The number of aromatic nitrogens is 3. The van der Waals surface area contributed by atoms with E-state index in [-0.39, 0.29) is 11.8 Å². The average molecular weight is 271 g/mol. The van der Waals surface area contributed by atoms with Crippen molar-refractivity contribution >= 4 is 17.3 Å². The highest BCUT2D eigenvalue weighted by Gasteiger charge is 2.29. The number of anilines is 2. The first kappa shape index (κ1) is 12.7. The van der Waals surface area contributed by atoms with E-state index in [1.54, 1.807) is 4.68 Å². The van der Waals surface area contributed by atoms with Gasteiger partial charge in [0.1, 0.15) is 5.69 Å². The van der Waals surface area contributed by atoms with Gasteiger partial charge in [0.05, 0.1) is 6.54 Å². The van der Waals surface area contributed by atoms with Crippen molar-refractivity contribution < 1.29 is 4.79 Å². The predicted octanol–water partition coefficient (Wildman–Crippen LogP) is 1.78. The molecule has 2 N–H and O–H groups in total. The van der Waals surface area contributed by atoms with Crippen LogP contribution in [0.3, 0.4) is 0 Å². The quantitative estimate of drug-likeness (QED) is 0.869. The SMILES string of the molecule is Cn1cc(CNc2cccc(NC(=O)C3CC3)c2)nn1. The summed E-state index contributed by atoms with van der Waals surface area (Å²) in [5.74, 6) is 0.335. The topological polar surface area (TPSA) is 71.8 Å². The molecule has 104 valence electrons. The fourth-order valence-corrected chi connectivity index (χ4v) is 1.97. The van der Waals surface area contributed by atoms with Gasteiger partial charge in [-0.25, -0.2) is 0 Å². The van der Waals surface area contributed by atoms with E-state index in [1.165, 1.54) is 0 Å². The Hall–Kier alpha value is -2.37. The van der Waals surface area contributed by atoms with Gasteiger partial charge in [-0.2, -0.15) is 0 Å². The molecule has 0 radical (unpaired) electrons. The van der Waals surface area contributed by atoms with Gasteiger partial charge in [-0.05, 0) is 31.0 Å². The standard InChI is InChI=1S/C14H17N5O/c1-19-9-13(17-18-19)8-15-11-3-2-4-12(7-11)16-14(20)10-5-6-10/h2-4,7,9-10,15H,5-6,8H2,1H3,(H,16,20). The summed E-state index contributed by atoms with van der Waals surface area (Å²) in [6.45, 7) is 0.605. The molecule has 1 aromatic carbocycles. The maximum atomic E-state index is 11.7. The third kappa shape index (κ3) is 3.14. The summed E-state index contributed by atoms with van der Waals surface area (Å²) < 4.78 is 1.67. The molecule has 0 saturated heterocycles. The van der Waals surface area contributed by atoms with Crippen LogP contribution in [0.15, 0.2) is 30.5 Å². The van der Waals surface area contributed by atoms with Gasteiger partial charge in [0.15, 0.2) is 0 Å². The van der Waals surface area contributed by atoms with Crippen LogP contribution in [0.2, 0.25) is 0 Å². The molecule has 1 aliphatic carbocycles. The van der Waals surface area contributed by atoms with Gasteiger partial charge in [-0.1, -0.05) is 11.3 Å². The fraction of sp³-hybridized carbons (Fsp3) is 0.357. The van der Waals surface area contributed by atoms with Crippen LogP contribution in [-0.2, 0) is 18.4 Å². The van der Waals surface area contributed by atoms with Crippen LogP contribution in [0, 0.1) is 5.92 Å². The lowest BCUT2D eigenvalue weighted by molar-refractivity contribution is -0.117. The minimum atomic E-state index is 0.121. The summed E-state index contributed by atoms with van der Waals surface area (Å²) in [5.41, 5.74) is 2.65. The van der Waals surface area contributed by atoms with Crippen molar-refractivity contribution in [2.24, 2.45) is 13.0 Å². The molecule has 0 atom stereocenters. The first-order valence-corrected chi connectivity index (χ1v) is 6.71. The summed E-state index contributed by atoms with van der Waals surface area (Å²) >= 11 is 0. The van der Waals surface area contributed by atoms with Crippen LogP contribution >= 0.6 is 0 Å². The first-order valence-electron chi connectivity index (χ1n) is 6.71. The third-order valence-electron chi connectivity index (χ3n) is 3.20. The van der Waals surface area contributed by atoms with Crippen molar-refractivity contribution in [1.29, 1.82) is 0 Å². The van der Waals surface area contributed by atoms with Crippen molar-refractivity contribution in [2.75, 3.05) is 10.6 Å². The van der Waals surface area contributed by atoms with Crippen molar-refractivity contribution in [1.82, 2.24) is 15.0 Å². The molecular weight excluding hydrogens is 254 g/mol. The van der Waals surface area contributed by atoms with E-state index in [9.17, 15) is 4.79 Å². The molecule has 0 unspecified atom stereocenters. The lowest BCUT2D eigenvalue weighted by Crippen LogP contribution is -2.13. The molecule has 1 aromatic heterocycles. The van der Waals surface area contributed by atoms with E-state index >= 15 is 0 Å². The average Bonchev–Trinajstić information content (AvgIpc) is 3.20. The highest BCUT2D eigenvalue weighted by molar-refractivity contribution is 5.94. The Kier molecular flexibility index (Phi) is 3.37. The van der Waals surface area contributed by atoms with Gasteiger partial charge in [0.2, 0.25) is 5.91 Å². The number of nitrogens with zero attached hydrogens (tertiary/aromatic N) is 3. The van der Waals surface area contributed by atoms with Crippen LogP contribution in [0.1, 0.15) is 18.5 Å². The molecule has 1 aliphatic rings. The summed E-state index contributed by atoms with van der Waals surface area (Å²) in [5, 5.41) is 14.1. The number of rotatable bonds is 5. The minimum Gasteiger partial charge on any atom is -0.379 e. The lowest BCUT2D eigenvalue weighted by atomic mass is 10.2. The number of aryl methyl sites for hydroxylation is 1. The minimum absolute atomic E-state index is 0.121. The van der Waals surface area contributed by atoms with Crippen molar-refractivity contribution in [3.8, 4) is 0 Å². The molecule has 6 nitrogen and oxygen atoms in total. The van der Waals surface area contributed by atoms with Gasteiger partial charge in [0.25, 0.3) is 0 Å². The Morgan fingerprint density at radius 2 is 2.20 bits per heavy atom. The number of hydrogen-bond donors (Lipinski definition) is 2. The molecule has 0 aliphatic heterocycles. The highest BCUT2D eigenvalue weighted by atomic mass is 16.2. The summed E-state index contributed by atoms with van der Waals surface area (Å²) in [6, 6.07) is 7.70. The molecule has 1 heterocycles. The highest BCUT2D eigenvalue weighted by Crippen LogP contribution is 2.30. The van der Waals surface area contributed by atoms with E-state index in [4.69, 9.17) is 0 Å². The first-order chi connectivity index (χ1) is 9.70. The smallest absolute Gasteiger partial charge is 0.227 e. The van der Waals surface area contributed by atoms with Crippen LogP contribution in [0.5, 0.6) is 0 Å². The van der Waals surface area contributed by atoms with E-state index in [0.29, 0.717) is 6.54 Å². The molecule has 6 heteroatoms. The Balaban J connectivity index is 1.60. The number of nitrogens with one attached hydrogen (secondary N) is 2. The normalized spacial score (nSPS) is 14.1. The zero-order chi connectivity index (χ0) is 13.9. The third-order valence-corrected chi connectivity index (χ3v) is 3.20. The molecular formula is C14H17N5O. The van der Waals surface area contributed by atoms with Crippen LogP contribution in [-0.4, -0.2) is 20.9 Å². The number of benzene rings is 1. The zero-order valence-electron chi connectivity index (χ0n) is 11.3. The van der Waals surface area contributed by atoms with Gasteiger partial charge >= 0.3 is 0 Å². The Bertz CT molecular complexity index is 618. The van der Waals surface area contributed by atoms with Gasteiger partial charge < -0.3 is 10.6 Å². The summed E-state index contributed by atoms with van der Waals surface area (Å²) in [4.78, 5) is 11.7. The van der Waals surface area contributed by atoms with Crippen LogP contribution < -0.4 is 10.6 Å². The largest absolute Gasteiger partial charge is 0.379 e. The number of amides is 1. The van der Waals surface area contributed by atoms with Crippen LogP contribution in [0.4, 0.5) is 11.4 Å². The number of carbonyl (C=O) groups excluding carboxylic acids is 1. The Morgan fingerprint density at radius 3 is 2.90 bits per heavy atom. The second-order valence-corrected chi connectivity index (χ2v) is 5.08. The molecule has 20 heavy (non-hydrogen) atoms. The molecule has 3 rings (SSSR count). The van der Waals surface area contributed by atoms with E-state index in [2.05, 4.69) is 20.9 Å². The van der Waals surface area contributed by atoms with Crippen molar-refractivity contribution in [3.63, 3.8) is 0 Å². The Morgan fingerprint density at radius 1 is 1.40 bits per heavy atom. The second kappa shape index (κ2) is 5.32. The Labute approximate surface area is 117 Å². The van der Waals surface area contributed by atoms with Gasteiger partial charge in [-0.3, -0.25) is 9.48 Å². The van der Waals surface area contributed by atoms with Crippen molar-refractivity contribution in [3.05, 3.63) is 36.2 Å². The molecule has 1 fully saturated rings.